The summed E-state index contributed by atoms with van der Waals surface area (Å²) in [7, 11) is 3.23. The average Bonchev–Trinajstić information content (AvgIpc) is 2.60. The Bertz CT molecular complexity index is 519. The molecule has 1 aromatic carbocycles. The van der Waals surface area contributed by atoms with Crippen LogP contribution in [0.15, 0.2) is 18.2 Å². The molecular weight excluding hydrogens is 328 g/mol. The van der Waals surface area contributed by atoms with E-state index in [9.17, 15) is 4.79 Å². The monoisotopic (exact) mass is 356 g/mol. The van der Waals surface area contributed by atoms with E-state index in [1.807, 2.05) is 18.2 Å². The van der Waals surface area contributed by atoms with Crippen molar-refractivity contribution in [3.05, 3.63) is 23.8 Å². The molecule has 1 atom stereocenters. The number of para-hydroxylation sites is 1. The Labute approximate surface area is 150 Å². The lowest BCUT2D eigenvalue weighted by Crippen LogP contribution is -2.33. The van der Waals surface area contributed by atoms with Crippen molar-refractivity contribution in [1.29, 1.82) is 0 Å². The minimum absolute atomic E-state index is 0. The smallest absolute Gasteiger partial charge is 0.220 e. The van der Waals surface area contributed by atoms with Crippen molar-refractivity contribution in [1.82, 2.24) is 10.6 Å². The quantitative estimate of drug-likeness (QED) is 0.788. The molecule has 0 spiro atoms. The molecule has 1 aliphatic rings. The molecule has 2 N–H and O–H groups in total. The molecule has 1 fully saturated rings. The molecular formula is C18H29ClN2O3. The van der Waals surface area contributed by atoms with Gasteiger partial charge in [-0.25, -0.2) is 0 Å². The third kappa shape index (κ3) is 5.56. The summed E-state index contributed by atoms with van der Waals surface area (Å²) < 4.78 is 10.7. The summed E-state index contributed by atoms with van der Waals surface area (Å²) >= 11 is 0. The maximum absolute atomic E-state index is 12.2. The molecule has 6 heteroatoms. The topological polar surface area (TPSA) is 59.6 Å². The van der Waals surface area contributed by atoms with Crippen LogP contribution in [0.5, 0.6) is 11.5 Å². The highest BCUT2D eigenvalue weighted by Gasteiger charge is 2.22. The Morgan fingerprint density at radius 1 is 1.29 bits per heavy atom. The van der Waals surface area contributed by atoms with E-state index in [0.29, 0.717) is 36.3 Å². The molecule has 1 aromatic rings. The molecule has 0 aliphatic carbocycles. The minimum atomic E-state index is 0. The summed E-state index contributed by atoms with van der Waals surface area (Å²) in [6.07, 6.45) is 2.91. The van der Waals surface area contributed by atoms with Gasteiger partial charge in [0.2, 0.25) is 5.91 Å². The first-order valence-electron chi connectivity index (χ1n) is 8.33. The van der Waals surface area contributed by atoms with Crippen LogP contribution in [0.25, 0.3) is 0 Å². The van der Waals surface area contributed by atoms with Crippen LogP contribution < -0.4 is 20.1 Å². The van der Waals surface area contributed by atoms with Crippen LogP contribution in [0, 0.1) is 11.8 Å². The summed E-state index contributed by atoms with van der Waals surface area (Å²) in [5.41, 5.74) is 0.926. The van der Waals surface area contributed by atoms with Gasteiger partial charge in [-0.2, -0.15) is 0 Å². The number of rotatable bonds is 7. The van der Waals surface area contributed by atoms with Crippen LogP contribution >= 0.6 is 12.4 Å². The van der Waals surface area contributed by atoms with E-state index in [-0.39, 0.29) is 18.3 Å². The number of hydrogen-bond donors (Lipinski definition) is 2. The predicted molar refractivity (Wildman–Crippen MR) is 98.0 cm³/mol. The van der Waals surface area contributed by atoms with Crippen LogP contribution in [-0.2, 0) is 11.3 Å². The van der Waals surface area contributed by atoms with Gasteiger partial charge in [-0.05, 0) is 43.8 Å². The lowest BCUT2D eigenvalue weighted by molar-refractivity contribution is -0.122. The number of halogens is 1. The highest BCUT2D eigenvalue weighted by molar-refractivity contribution is 5.85. The van der Waals surface area contributed by atoms with E-state index in [4.69, 9.17) is 9.47 Å². The first-order valence-corrected chi connectivity index (χ1v) is 8.33. The molecule has 0 aromatic heterocycles. The molecule has 0 radical (unpaired) electrons. The van der Waals surface area contributed by atoms with Gasteiger partial charge in [0.1, 0.15) is 0 Å². The first-order chi connectivity index (χ1) is 11.2. The highest BCUT2D eigenvalue weighted by atomic mass is 35.5. The summed E-state index contributed by atoms with van der Waals surface area (Å²) in [6, 6.07) is 5.70. The molecule has 1 heterocycles. The molecule has 0 saturated carbocycles. The fourth-order valence-electron chi connectivity index (χ4n) is 3.23. The number of ether oxygens (including phenoxy) is 2. The standard InChI is InChI=1S/C18H28N2O3.ClH/c1-13(14-7-9-19-10-8-14)11-17(21)20-12-15-5-4-6-16(22-2)18(15)23-3;/h4-6,13-14,19H,7-12H2,1-3H3,(H,20,21);1H. The van der Waals surface area contributed by atoms with Crippen molar-refractivity contribution in [2.45, 2.75) is 32.7 Å². The van der Waals surface area contributed by atoms with Gasteiger partial charge in [-0.1, -0.05) is 19.1 Å². The van der Waals surface area contributed by atoms with Gasteiger partial charge < -0.3 is 20.1 Å². The summed E-state index contributed by atoms with van der Waals surface area (Å²) in [5.74, 6) is 2.53. The van der Waals surface area contributed by atoms with Gasteiger partial charge >= 0.3 is 0 Å². The number of methoxy groups -OCH3 is 2. The van der Waals surface area contributed by atoms with E-state index < -0.39 is 0 Å². The maximum Gasteiger partial charge on any atom is 0.220 e. The van der Waals surface area contributed by atoms with Crippen LogP contribution in [0.1, 0.15) is 31.7 Å². The minimum Gasteiger partial charge on any atom is -0.493 e. The van der Waals surface area contributed by atoms with Crippen molar-refractivity contribution in [2.24, 2.45) is 11.8 Å². The van der Waals surface area contributed by atoms with Crippen LogP contribution in [0.2, 0.25) is 0 Å². The largest absolute Gasteiger partial charge is 0.493 e. The fourth-order valence-corrected chi connectivity index (χ4v) is 3.23. The van der Waals surface area contributed by atoms with E-state index in [1.54, 1.807) is 14.2 Å². The predicted octanol–water partition coefficient (Wildman–Crippen LogP) is 2.77. The second-order valence-electron chi connectivity index (χ2n) is 6.20. The second-order valence-corrected chi connectivity index (χ2v) is 6.20. The third-order valence-corrected chi connectivity index (χ3v) is 4.66. The Morgan fingerprint density at radius 3 is 2.62 bits per heavy atom. The number of piperidine rings is 1. The molecule has 24 heavy (non-hydrogen) atoms. The van der Waals surface area contributed by atoms with Crippen molar-refractivity contribution < 1.29 is 14.3 Å². The summed E-state index contributed by atoms with van der Waals surface area (Å²) in [4.78, 5) is 12.2. The zero-order valence-corrected chi connectivity index (χ0v) is 15.6. The van der Waals surface area contributed by atoms with Crippen molar-refractivity contribution in [2.75, 3.05) is 27.3 Å². The van der Waals surface area contributed by atoms with Crippen molar-refractivity contribution >= 4 is 18.3 Å². The van der Waals surface area contributed by atoms with Crippen LogP contribution in [0.4, 0.5) is 0 Å². The molecule has 136 valence electrons. The zero-order chi connectivity index (χ0) is 16.7. The Hall–Kier alpha value is -1.46. The molecule has 1 amide bonds. The normalized spacial score (nSPS) is 16.0. The fraction of sp³-hybridized carbons (Fsp3) is 0.611. The number of carbonyl (C=O) groups excluding carboxylic acids is 1. The number of benzene rings is 1. The van der Waals surface area contributed by atoms with Crippen molar-refractivity contribution in [3.8, 4) is 11.5 Å². The Kier molecular flexibility index (Phi) is 8.93. The van der Waals surface area contributed by atoms with Gasteiger partial charge in [0.25, 0.3) is 0 Å². The Balaban J connectivity index is 0.00000288. The lowest BCUT2D eigenvalue weighted by atomic mass is 9.84. The van der Waals surface area contributed by atoms with E-state index >= 15 is 0 Å². The molecule has 1 aliphatic heterocycles. The van der Waals surface area contributed by atoms with Crippen molar-refractivity contribution in [3.63, 3.8) is 0 Å². The van der Waals surface area contributed by atoms with Gasteiger partial charge in [0.05, 0.1) is 14.2 Å². The van der Waals surface area contributed by atoms with E-state index in [1.165, 1.54) is 0 Å². The molecule has 1 saturated heterocycles. The number of carbonyl (C=O) groups is 1. The van der Waals surface area contributed by atoms with Gasteiger partial charge in [0, 0.05) is 18.5 Å². The van der Waals surface area contributed by atoms with E-state index in [0.717, 1.165) is 31.5 Å². The number of amides is 1. The van der Waals surface area contributed by atoms with Gasteiger partial charge in [-0.15, -0.1) is 12.4 Å². The number of hydrogen-bond acceptors (Lipinski definition) is 4. The van der Waals surface area contributed by atoms with Crippen LogP contribution in [0.3, 0.4) is 0 Å². The SMILES string of the molecule is COc1cccc(CNC(=O)CC(C)C2CCNCC2)c1OC.Cl. The first kappa shape index (κ1) is 20.6. The highest BCUT2D eigenvalue weighted by Crippen LogP contribution is 2.30. The third-order valence-electron chi connectivity index (χ3n) is 4.66. The molecule has 1 unspecified atom stereocenters. The molecule has 2 rings (SSSR count). The maximum atomic E-state index is 12.2. The van der Waals surface area contributed by atoms with Crippen LogP contribution in [-0.4, -0.2) is 33.2 Å². The van der Waals surface area contributed by atoms with Gasteiger partial charge in [0.15, 0.2) is 11.5 Å². The lowest BCUT2D eigenvalue weighted by Gasteiger charge is -2.27. The zero-order valence-electron chi connectivity index (χ0n) is 14.8. The second kappa shape index (κ2) is 10.4. The molecule has 5 nitrogen and oxygen atoms in total. The summed E-state index contributed by atoms with van der Waals surface area (Å²) in [6.45, 7) is 4.77. The number of nitrogens with one attached hydrogen (secondary N) is 2. The average molecular weight is 357 g/mol. The molecule has 0 bridgehead atoms. The Morgan fingerprint density at radius 2 is 2.00 bits per heavy atom. The van der Waals surface area contributed by atoms with Gasteiger partial charge in [-0.3, -0.25) is 4.79 Å². The summed E-state index contributed by atoms with van der Waals surface area (Å²) in [5, 5.41) is 6.37. The van der Waals surface area contributed by atoms with E-state index in [2.05, 4.69) is 17.6 Å².